The summed E-state index contributed by atoms with van der Waals surface area (Å²) in [4.78, 5) is 9.81. The Morgan fingerprint density at radius 3 is 2.58 bits per heavy atom. The average Bonchev–Trinajstić information content (AvgIpc) is 3.35. The zero-order chi connectivity index (χ0) is 27.0. The van der Waals surface area contributed by atoms with Gasteiger partial charge in [-0.15, -0.1) is 22.0 Å². The van der Waals surface area contributed by atoms with E-state index in [0.29, 0.717) is 23.2 Å². The van der Waals surface area contributed by atoms with Crippen LogP contribution in [-0.4, -0.2) is 93.2 Å². The number of piperazine rings is 1. The molecule has 4 heterocycles. The van der Waals surface area contributed by atoms with E-state index in [1.165, 1.54) is 11.1 Å². The first-order valence-electron chi connectivity index (χ1n) is 13.6. The van der Waals surface area contributed by atoms with Gasteiger partial charge in [0.15, 0.2) is 5.82 Å². The topological polar surface area (TPSA) is 81.8 Å². The summed E-state index contributed by atoms with van der Waals surface area (Å²) in [5, 5.41) is 24.3. The van der Waals surface area contributed by atoms with Crippen LogP contribution >= 0.6 is 23.4 Å². The molecule has 1 saturated heterocycles. The number of fused-ring (bicyclic) bond motifs is 3. The number of thioether (sulfide) groups is 1. The van der Waals surface area contributed by atoms with Crippen molar-refractivity contribution in [2.24, 2.45) is 4.99 Å². The summed E-state index contributed by atoms with van der Waals surface area (Å²) in [7, 11) is 2.17. The Balaban J connectivity index is 1.38. The summed E-state index contributed by atoms with van der Waals surface area (Å²) in [5.74, 6) is 1.71. The fourth-order valence-corrected chi connectivity index (χ4v) is 7.74. The highest BCUT2D eigenvalue weighted by molar-refractivity contribution is 8.01. The van der Waals surface area contributed by atoms with Gasteiger partial charge in [-0.1, -0.05) is 29.3 Å². The van der Waals surface area contributed by atoms with Crippen molar-refractivity contribution in [2.45, 2.75) is 62.9 Å². The summed E-state index contributed by atoms with van der Waals surface area (Å²) >= 11 is 8.15. The number of nitrogens with one attached hydrogen (secondary N) is 1. The van der Waals surface area contributed by atoms with E-state index in [4.69, 9.17) is 16.6 Å². The summed E-state index contributed by atoms with van der Waals surface area (Å²) in [6.45, 7) is 14.7. The molecule has 0 aliphatic carbocycles. The number of benzene rings is 1. The second-order valence-electron chi connectivity index (χ2n) is 11.0. The van der Waals surface area contributed by atoms with Crippen molar-refractivity contribution in [3.05, 3.63) is 57.6 Å². The van der Waals surface area contributed by atoms with Gasteiger partial charge < -0.3 is 14.9 Å². The SMILES string of the molecule is CC1=C2C(c3ccc(Cl)cc3)=NC(CNC(O)CCCN3CCN(C)CC3)c3nnc(C)n3C2(C)SC1C. The second-order valence-corrected chi connectivity index (χ2v) is 13.1. The molecule has 3 aliphatic heterocycles. The molecular formula is C28H40ClN7OS. The third kappa shape index (κ3) is 5.46. The zero-order valence-electron chi connectivity index (χ0n) is 23.1. The third-order valence-corrected chi connectivity index (χ3v) is 9.99. The summed E-state index contributed by atoms with van der Waals surface area (Å²) in [6.07, 6.45) is 1.06. The molecule has 1 fully saturated rings. The molecule has 2 N–H and O–H groups in total. The Morgan fingerprint density at radius 2 is 1.87 bits per heavy atom. The monoisotopic (exact) mass is 557 g/mol. The molecule has 3 aliphatic rings. The molecule has 1 aromatic heterocycles. The van der Waals surface area contributed by atoms with E-state index in [1.807, 2.05) is 43.0 Å². The van der Waals surface area contributed by atoms with Crippen LogP contribution in [0, 0.1) is 6.92 Å². The van der Waals surface area contributed by atoms with Gasteiger partial charge in [-0.25, -0.2) is 0 Å². The molecule has 4 atom stereocenters. The van der Waals surface area contributed by atoms with Gasteiger partial charge in [0.25, 0.3) is 0 Å². The number of hydrogen-bond acceptors (Lipinski definition) is 8. The summed E-state index contributed by atoms with van der Waals surface area (Å²) in [6, 6.07) is 7.66. The molecule has 38 heavy (non-hydrogen) atoms. The fraction of sp³-hybridized carbons (Fsp3) is 0.607. The van der Waals surface area contributed by atoms with Gasteiger partial charge in [-0.2, -0.15) is 0 Å². The van der Waals surface area contributed by atoms with Gasteiger partial charge in [-0.3, -0.25) is 14.9 Å². The third-order valence-electron chi connectivity index (χ3n) is 8.18. The number of aliphatic hydroxyl groups is 1. The van der Waals surface area contributed by atoms with Crippen LogP contribution in [0.1, 0.15) is 56.9 Å². The fourth-order valence-electron chi connectivity index (χ4n) is 5.92. The maximum Gasteiger partial charge on any atom is 0.160 e. The van der Waals surface area contributed by atoms with Gasteiger partial charge in [0.2, 0.25) is 0 Å². The number of aryl methyl sites for hydroxylation is 1. The van der Waals surface area contributed by atoms with Gasteiger partial charge in [0.1, 0.15) is 23.0 Å². The molecule has 1 aromatic carbocycles. The van der Waals surface area contributed by atoms with Crippen molar-refractivity contribution < 1.29 is 5.11 Å². The zero-order valence-corrected chi connectivity index (χ0v) is 24.7. The van der Waals surface area contributed by atoms with E-state index in [1.54, 1.807) is 0 Å². The quantitative estimate of drug-likeness (QED) is 0.477. The van der Waals surface area contributed by atoms with Crippen LogP contribution in [-0.2, 0) is 4.87 Å². The Labute approximate surface area is 235 Å². The highest BCUT2D eigenvalue weighted by Gasteiger charge is 2.48. The Bertz CT molecular complexity index is 1200. The van der Waals surface area contributed by atoms with Crippen LogP contribution in [0.5, 0.6) is 0 Å². The Morgan fingerprint density at radius 1 is 1.16 bits per heavy atom. The van der Waals surface area contributed by atoms with Crippen molar-refractivity contribution in [1.29, 1.82) is 0 Å². The second kappa shape index (κ2) is 11.4. The molecule has 206 valence electrons. The number of likely N-dealkylation sites (N-methyl/N-ethyl adjacent to an activating group) is 1. The number of aliphatic imine (C=N–C) groups is 1. The number of aliphatic hydroxyl groups excluding tert-OH is 1. The van der Waals surface area contributed by atoms with Crippen LogP contribution in [0.15, 0.2) is 40.4 Å². The minimum absolute atomic E-state index is 0.284. The maximum absolute atomic E-state index is 10.8. The van der Waals surface area contributed by atoms with Gasteiger partial charge in [0, 0.05) is 54.1 Å². The molecule has 0 saturated carbocycles. The van der Waals surface area contributed by atoms with Crippen molar-refractivity contribution in [3.63, 3.8) is 0 Å². The molecule has 5 rings (SSSR count). The van der Waals surface area contributed by atoms with Crippen LogP contribution in [0.2, 0.25) is 5.02 Å². The van der Waals surface area contributed by atoms with Crippen LogP contribution in [0.3, 0.4) is 0 Å². The van der Waals surface area contributed by atoms with Crippen molar-refractivity contribution in [3.8, 4) is 0 Å². The number of nitrogens with zero attached hydrogens (tertiary/aromatic N) is 6. The number of aromatic nitrogens is 3. The summed E-state index contributed by atoms with van der Waals surface area (Å²) < 4.78 is 2.26. The molecule has 0 bridgehead atoms. The molecule has 4 unspecified atom stereocenters. The molecular weight excluding hydrogens is 518 g/mol. The molecule has 8 nitrogen and oxygen atoms in total. The van der Waals surface area contributed by atoms with E-state index in [9.17, 15) is 5.11 Å². The standard InChI is InChI=1S/C28H40ClN7OS/c1-18-19(2)38-28(4)25(18)26(21-8-10-22(29)11-9-21)31-23(27-33-32-20(3)36(27)28)17-30-24(37)7-6-12-35-15-13-34(5)14-16-35/h8-11,19,23-24,30,37H,6-7,12-17H2,1-5H3. The van der Waals surface area contributed by atoms with Crippen molar-refractivity contribution >= 4 is 29.1 Å². The Kier molecular flexibility index (Phi) is 8.33. The predicted octanol–water partition coefficient (Wildman–Crippen LogP) is 3.84. The number of halogens is 1. The maximum atomic E-state index is 10.8. The van der Waals surface area contributed by atoms with E-state index in [0.717, 1.165) is 62.1 Å². The molecule has 2 aromatic rings. The average molecular weight is 558 g/mol. The smallest absolute Gasteiger partial charge is 0.160 e. The largest absolute Gasteiger partial charge is 0.379 e. The lowest BCUT2D eigenvalue weighted by atomic mass is 9.91. The van der Waals surface area contributed by atoms with Crippen LogP contribution in [0.4, 0.5) is 0 Å². The first kappa shape index (κ1) is 27.8. The highest BCUT2D eigenvalue weighted by Crippen LogP contribution is 2.54. The van der Waals surface area contributed by atoms with E-state index >= 15 is 0 Å². The van der Waals surface area contributed by atoms with E-state index in [-0.39, 0.29) is 10.9 Å². The first-order valence-corrected chi connectivity index (χ1v) is 14.9. The number of rotatable bonds is 8. The molecule has 0 amide bonds. The van der Waals surface area contributed by atoms with Crippen LogP contribution in [0.25, 0.3) is 0 Å². The van der Waals surface area contributed by atoms with Crippen LogP contribution < -0.4 is 5.32 Å². The Hall–Kier alpha value is -1.75. The van der Waals surface area contributed by atoms with Gasteiger partial charge >= 0.3 is 0 Å². The minimum Gasteiger partial charge on any atom is -0.379 e. The van der Waals surface area contributed by atoms with Gasteiger partial charge in [0.05, 0.1) is 5.71 Å². The van der Waals surface area contributed by atoms with Crippen molar-refractivity contribution in [1.82, 2.24) is 29.9 Å². The first-order chi connectivity index (χ1) is 18.2. The lowest BCUT2D eigenvalue weighted by Gasteiger charge is -2.32. The van der Waals surface area contributed by atoms with E-state index < -0.39 is 6.23 Å². The molecule has 10 heteroatoms. The lowest BCUT2D eigenvalue weighted by molar-refractivity contribution is 0.108. The predicted molar refractivity (Wildman–Crippen MR) is 156 cm³/mol. The van der Waals surface area contributed by atoms with Crippen molar-refractivity contribution in [2.75, 3.05) is 46.3 Å². The summed E-state index contributed by atoms with van der Waals surface area (Å²) in [5.41, 5.74) is 4.55. The normalized spacial score (nSPS) is 27.2. The highest BCUT2D eigenvalue weighted by atomic mass is 35.5. The van der Waals surface area contributed by atoms with E-state index in [2.05, 4.69) is 57.7 Å². The minimum atomic E-state index is -0.595. The van der Waals surface area contributed by atoms with Gasteiger partial charge in [-0.05, 0) is 66.3 Å². The lowest BCUT2D eigenvalue weighted by Crippen LogP contribution is -2.45. The number of hydrogen-bond donors (Lipinski definition) is 2. The molecule has 0 spiro atoms. The molecule has 0 radical (unpaired) electrons.